The fourth-order valence-corrected chi connectivity index (χ4v) is 4.48. The lowest BCUT2D eigenvalue weighted by molar-refractivity contribution is -0.123. The normalized spacial score (nSPS) is 14.9. The van der Waals surface area contributed by atoms with E-state index in [4.69, 9.17) is 4.74 Å². The molecule has 0 unspecified atom stereocenters. The fraction of sp³-hybridized carbons (Fsp3) is 0.370. The molecule has 1 aliphatic heterocycles. The Balaban J connectivity index is 1.75. The predicted molar refractivity (Wildman–Crippen MR) is 137 cm³/mol. The molecule has 192 valence electrons. The fourth-order valence-electron chi connectivity index (χ4n) is 4.48. The number of halogens is 1. The summed E-state index contributed by atoms with van der Waals surface area (Å²) < 4.78 is 22.8. The molecule has 37 heavy (non-hydrogen) atoms. The number of nitrogens with zero attached hydrogens (tertiary/aromatic N) is 6. The summed E-state index contributed by atoms with van der Waals surface area (Å²) in [6.45, 7) is 10.00. The van der Waals surface area contributed by atoms with Crippen LogP contribution in [0.1, 0.15) is 57.5 Å². The van der Waals surface area contributed by atoms with Crippen LogP contribution < -0.4 is 10.1 Å². The van der Waals surface area contributed by atoms with Gasteiger partial charge >= 0.3 is 0 Å². The Morgan fingerprint density at radius 1 is 1.22 bits per heavy atom. The maximum atomic E-state index is 14.5. The van der Waals surface area contributed by atoms with E-state index in [0.29, 0.717) is 35.8 Å². The number of carbonyl (C=O) groups is 1. The Bertz CT molecular complexity index is 1500. The minimum absolute atomic E-state index is 0.193. The first kappa shape index (κ1) is 24.6. The van der Waals surface area contributed by atoms with E-state index >= 15 is 0 Å². The predicted octanol–water partition coefficient (Wildman–Crippen LogP) is 4.93. The van der Waals surface area contributed by atoms with Crippen molar-refractivity contribution in [1.82, 2.24) is 29.8 Å². The number of ether oxygens (including phenoxy) is 1. The van der Waals surface area contributed by atoms with Crippen LogP contribution in [0.25, 0.3) is 22.5 Å². The van der Waals surface area contributed by atoms with Crippen molar-refractivity contribution in [2.75, 3.05) is 5.32 Å². The van der Waals surface area contributed by atoms with E-state index in [1.165, 1.54) is 16.9 Å². The molecule has 0 saturated carbocycles. The third kappa shape index (κ3) is 4.59. The summed E-state index contributed by atoms with van der Waals surface area (Å²) in [6.07, 6.45) is 3.42. The van der Waals surface area contributed by atoms with Gasteiger partial charge in [0.15, 0.2) is 11.6 Å². The summed E-state index contributed by atoms with van der Waals surface area (Å²) >= 11 is 0. The quantitative estimate of drug-likeness (QED) is 0.416. The van der Waals surface area contributed by atoms with Gasteiger partial charge in [-0.1, -0.05) is 20.8 Å². The van der Waals surface area contributed by atoms with E-state index in [2.05, 4.69) is 25.6 Å². The SMILES string of the molecule is CCn1ncc2c1-c1cnc(NC(=O)C(C)(C)C)c(c1)O[C@H](C)c1cc(F)ccc1-c1nn(C)nc1C2. The molecular weight excluding hydrogens is 473 g/mol. The Morgan fingerprint density at radius 3 is 2.73 bits per heavy atom. The van der Waals surface area contributed by atoms with E-state index in [9.17, 15) is 9.18 Å². The maximum Gasteiger partial charge on any atom is 0.231 e. The number of aromatic nitrogens is 6. The highest BCUT2D eigenvalue weighted by atomic mass is 19.1. The highest BCUT2D eigenvalue weighted by Crippen LogP contribution is 2.39. The molecule has 5 rings (SSSR count). The number of hydrogen-bond acceptors (Lipinski definition) is 6. The number of aryl methyl sites for hydroxylation is 2. The minimum Gasteiger partial charge on any atom is -0.482 e. The van der Waals surface area contributed by atoms with Gasteiger partial charge in [0, 0.05) is 53.9 Å². The molecule has 2 bridgehead atoms. The topological polar surface area (TPSA) is 99.8 Å². The molecule has 10 heteroatoms. The zero-order chi connectivity index (χ0) is 26.5. The van der Waals surface area contributed by atoms with Crippen LogP contribution in [0, 0.1) is 11.2 Å². The maximum absolute atomic E-state index is 14.5. The number of pyridine rings is 1. The number of anilines is 1. The highest BCUT2D eigenvalue weighted by Gasteiger charge is 2.27. The van der Waals surface area contributed by atoms with Gasteiger partial charge in [-0.15, -0.1) is 0 Å². The second kappa shape index (κ2) is 9.10. The molecule has 1 aliphatic rings. The van der Waals surface area contributed by atoms with Crippen molar-refractivity contribution >= 4 is 11.7 Å². The zero-order valence-corrected chi connectivity index (χ0v) is 21.8. The van der Waals surface area contributed by atoms with Crippen molar-refractivity contribution in [2.24, 2.45) is 12.5 Å². The van der Waals surface area contributed by atoms with E-state index < -0.39 is 11.5 Å². The van der Waals surface area contributed by atoms with Crippen molar-refractivity contribution in [2.45, 2.75) is 53.7 Å². The van der Waals surface area contributed by atoms with Gasteiger partial charge in [0.25, 0.3) is 0 Å². The highest BCUT2D eigenvalue weighted by molar-refractivity contribution is 5.95. The smallest absolute Gasteiger partial charge is 0.231 e. The lowest BCUT2D eigenvalue weighted by Crippen LogP contribution is -2.28. The Labute approximate surface area is 214 Å². The summed E-state index contributed by atoms with van der Waals surface area (Å²) in [5.74, 6) is 0.107. The summed E-state index contributed by atoms with van der Waals surface area (Å²) in [5, 5.41) is 16.7. The third-order valence-corrected chi connectivity index (χ3v) is 6.41. The summed E-state index contributed by atoms with van der Waals surface area (Å²) in [4.78, 5) is 18.9. The Hall–Kier alpha value is -4.08. The van der Waals surface area contributed by atoms with Crippen molar-refractivity contribution in [3.63, 3.8) is 0 Å². The van der Waals surface area contributed by atoms with E-state index in [0.717, 1.165) is 28.1 Å². The van der Waals surface area contributed by atoms with Crippen LogP contribution in [0.4, 0.5) is 10.2 Å². The van der Waals surface area contributed by atoms with Crippen LogP contribution in [0.3, 0.4) is 0 Å². The molecule has 9 nitrogen and oxygen atoms in total. The Kier molecular flexibility index (Phi) is 6.05. The summed E-state index contributed by atoms with van der Waals surface area (Å²) in [7, 11) is 1.77. The lowest BCUT2D eigenvalue weighted by atomic mass is 9.95. The number of amides is 1. The van der Waals surface area contributed by atoms with Crippen LogP contribution in [0.15, 0.2) is 36.7 Å². The second-order valence-electron chi connectivity index (χ2n) is 10.3. The standard InChI is InChI=1S/C27H30FN7O2/c1-7-35-24-16(14-30-35)10-21-23(33-34(6)32-21)19-9-8-18(28)12-20(19)15(2)37-22-11-17(24)13-29-25(22)31-26(36)27(3,4)5/h8-9,11-15H,7,10H2,1-6H3,(H,29,31,36)/t15-/m1/s1. The van der Waals surface area contributed by atoms with Crippen LogP contribution in [-0.2, 0) is 24.8 Å². The molecule has 1 N–H and O–H groups in total. The molecule has 1 atom stereocenters. The van der Waals surface area contributed by atoms with Crippen LogP contribution in [0.2, 0.25) is 0 Å². The van der Waals surface area contributed by atoms with Crippen molar-refractivity contribution in [1.29, 1.82) is 0 Å². The number of fused-ring (bicyclic) bond motifs is 7. The zero-order valence-electron chi connectivity index (χ0n) is 21.8. The molecule has 0 saturated heterocycles. The first-order chi connectivity index (χ1) is 17.5. The summed E-state index contributed by atoms with van der Waals surface area (Å²) in [6, 6.07) is 6.42. The molecule has 1 aromatic carbocycles. The van der Waals surface area contributed by atoms with Gasteiger partial charge in [-0.05, 0) is 38.1 Å². The van der Waals surface area contributed by atoms with Crippen LogP contribution in [-0.4, -0.2) is 35.7 Å². The van der Waals surface area contributed by atoms with E-state index in [1.807, 2.05) is 51.6 Å². The van der Waals surface area contributed by atoms with E-state index in [-0.39, 0.29) is 11.7 Å². The largest absolute Gasteiger partial charge is 0.482 e. The molecule has 4 aromatic rings. The molecule has 0 radical (unpaired) electrons. The van der Waals surface area contributed by atoms with Crippen LogP contribution >= 0.6 is 0 Å². The molecule has 0 spiro atoms. The number of rotatable bonds is 2. The monoisotopic (exact) mass is 503 g/mol. The molecule has 3 aromatic heterocycles. The van der Waals surface area contributed by atoms with Gasteiger partial charge in [-0.2, -0.15) is 20.1 Å². The van der Waals surface area contributed by atoms with Crippen molar-refractivity contribution < 1.29 is 13.9 Å². The third-order valence-electron chi connectivity index (χ3n) is 6.41. The first-order valence-electron chi connectivity index (χ1n) is 12.3. The average molecular weight is 504 g/mol. The van der Waals surface area contributed by atoms with Gasteiger partial charge in [-0.25, -0.2) is 9.37 Å². The van der Waals surface area contributed by atoms with Gasteiger partial charge in [0.2, 0.25) is 5.91 Å². The minimum atomic E-state index is -0.629. The van der Waals surface area contributed by atoms with E-state index in [1.54, 1.807) is 19.3 Å². The number of carbonyl (C=O) groups excluding carboxylic acids is 1. The second-order valence-corrected chi connectivity index (χ2v) is 10.3. The summed E-state index contributed by atoms with van der Waals surface area (Å²) in [5.41, 5.74) is 4.75. The first-order valence-corrected chi connectivity index (χ1v) is 12.3. The van der Waals surface area contributed by atoms with Crippen molar-refractivity contribution in [3.05, 3.63) is 59.3 Å². The van der Waals surface area contributed by atoms with Crippen molar-refractivity contribution in [3.8, 4) is 28.3 Å². The Morgan fingerprint density at radius 2 is 2.00 bits per heavy atom. The van der Waals surface area contributed by atoms with Crippen LogP contribution in [0.5, 0.6) is 5.75 Å². The number of benzene rings is 1. The number of nitrogens with one attached hydrogen (secondary N) is 1. The average Bonchev–Trinajstić information content (AvgIpc) is 3.41. The molecular formula is C27H30FN7O2. The molecule has 0 aliphatic carbocycles. The van der Waals surface area contributed by atoms with Gasteiger partial charge in [0.05, 0.1) is 17.6 Å². The molecule has 0 fully saturated rings. The number of hydrogen-bond donors (Lipinski definition) is 1. The molecule has 1 amide bonds. The van der Waals surface area contributed by atoms with Gasteiger partial charge in [-0.3, -0.25) is 9.48 Å². The lowest BCUT2D eigenvalue weighted by Gasteiger charge is -2.23. The van der Waals surface area contributed by atoms with Gasteiger partial charge in [0.1, 0.15) is 17.6 Å². The molecule has 4 heterocycles. The van der Waals surface area contributed by atoms with Gasteiger partial charge < -0.3 is 10.1 Å².